The summed E-state index contributed by atoms with van der Waals surface area (Å²) in [6, 6.07) is 12.8. The van der Waals surface area contributed by atoms with E-state index in [4.69, 9.17) is 5.73 Å². The van der Waals surface area contributed by atoms with E-state index in [9.17, 15) is 10.1 Å². The first-order valence-electron chi connectivity index (χ1n) is 5.30. The minimum absolute atomic E-state index is 0.0560. The van der Waals surface area contributed by atoms with Gasteiger partial charge in [-0.1, -0.05) is 12.1 Å². The molecule has 0 spiro atoms. The fourth-order valence-corrected chi connectivity index (χ4v) is 2.09. The lowest BCUT2D eigenvalue weighted by atomic mass is 10.0. The summed E-state index contributed by atoms with van der Waals surface area (Å²) in [7, 11) is 0. The zero-order valence-corrected chi connectivity index (χ0v) is 10.6. The van der Waals surface area contributed by atoms with Gasteiger partial charge in [0.1, 0.15) is 5.69 Å². The average molecular weight is 260 g/mol. The summed E-state index contributed by atoms with van der Waals surface area (Å²) in [5, 5.41) is 10.7. The Morgan fingerprint density at radius 2 is 1.72 bits per heavy atom. The lowest BCUT2D eigenvalue weighted by molar-refractivity contribution is -0.383. The number of hydrogen-bond donors (Lipinski definition) is 1. The number of rotatable bonds is 3. The normalized spacial score (nSPS) is 10.3. The van der Waals surface area contributed by atoms with Gasteiger partial charge in [-0.05, 0) is 41.6 Å². The van der Waals surface area contributed by atoms with Gasteiger partial charge in [-0.15, -0.1) is 11.8 Å². The van der Waals surface area contributed by atoms with Crippen LogP contribution in [0.1, 0.15) is 0 Å². The number of nitrogens with zero attached hydrogens (tertiary/aromatic N) is 1. The number of nitrogen functional groups attached to an aromatic ring is 1. The first kappa shape index (κ1) is 12.4. The molecule has 0 aliphatic carbocycles. The number of nitro groups is 1. The number of hydrogen-bond acceptors (Lipinski definition) is 4. The summed E-state index contributed by atoms with van der Waals surface area (Å²) in [5.41, 5.74) is 7.68. The molecule has 0 bridgehead atoms. The van der Waals surface area contributed by atoms with Crippen molar-refractivity contribution in [1.29, 1.82) is 0 Å². The Bertz CT molecular complexity index is 582. The molecule has 2 aromatic rings. The zero-order valence-electron chi connectivity index (χ0n) is 9.79. The predicted octanol–water partition coefficient (Wildman–Crippen LogP) is 3.57. The molecule has 0 aliphatic heterocycles. The van der Waals surface area contributed by atoms with Crippen LogP contribution in [0.25, 0.3) is 11.1 Å². The predicted molar refractivity (Wildman–Crippen MR) is 74.7 cm³/mol. The molecule has 0 atom stereocenters. The monoisotopic (exact) mass is 260 g/mol. The fraction of sp³-hybridized carbons (Fsp3) is 0.0769. The minimum Gasteiger partial charge on any atom is -0.393 e. The maximum Gasteiger partial charge on any atom is 0.292 e. The van der Waals surface area contributed by atoms with Gasteiger partial charge >= 0.3 is 0 Å². The first-order valence-corrected chi connectivity index (χ1v) is 6.52. The van der Waals surface area contributed by atoms with Crippen LogP contribution in [0, 0.1) is 10.1 Å². The quantitative estimate of drug-likeness (QED) is 0.396. The highest BCUT2D eigenvalue weighted by atomic mass is 32.2. The van der Waals surface area contributed by atoms with Crippen molar-refractivity contribution in [2.75, 3.05) is 12.0 Å². The molecule has 2 N–H and O–H groups in total. The van der Waals surface area contributed by atoms with Gasteiger partial charge in [-0.2, -0.15) is 0 Å². The van der Waals surface area contributed by atoms with Crippen molar-refractivity contribution in [3.8, 4) is 11.1 Å². The van der Waals surface area contributed by atoms with E-state index >= 15 is 0 Å². The van der Waals surface area contributed by atoms with Crippen LogP contribution in [-0.4, -0.2) is 11.2 Å². The van der Waals surface area contributed by atoms with E-state index in [-0.39, 0.29) is 11.4 Å². The van der Waals surface area contributed by atoms with Crippen LogP contribution in [0.5, 0.6) is 0 Å². The van der Waals surface area contributed by atoms with Gasteiger partial charge in [0.15, 0.2) is 0 Å². The smallest absolute Gasteiger partial charge is 0.292 e. The molecule has 4 nitrogen and oxygen atoms in total. The summed E-state index contributed by atoms with van der Waals surface area (Å²) in [6.07, 6.45) is 2.01. The van der Waals surface area contributed by atoms with Gasteiger partial charge in [-0.25, -0.2) is 0 Å². The molecule has 2 aromatic carbocycles. The van der Waals surface area contributed by atoms with Gasteiger partial charge in [0.25, 0.3) is 5.69 Å². The van der Waals surface area contributed by atoms with Crippen molar-refractivity contribution in [1.82, 2.24) is 0 Å². The minimum atomic E-state index is -0.476. The van der Waals surface area contributed by atoms with Crippen molar-refractivity contribution in [2.24, 2.45) is 0 Å². The molecule has 92 valence electrons. The van der Waals surface area contributed by atoms with Gasteiger partial charge in [-0.3, -0.25) is 10.1 Å². The second-order valence-electron chi connectivity index (χ2n) is 3.76. The van der Waals surface area contributed by atoms with E-state index in [0.29, 0.717) is 0 Å². The average Bonchev–Trinajstić information content (AvgIpc) is 2.38. The second-order valence-corrected chi connectivity index (χ2v) is 4.64. The Labute approximate surface area is 109 Å². The van der Waals surface area contributed by atoms with E-state index in [1.165, 1.54) is 11.0 Å². The van der Waals surface area contributed by atoms with Crippen LogP contribution in [0.4, 0.5) is 11.4 Å². The Hall–Kier alpha value is -2.01. The van der Waals surface area contributed by atoms with Crippen LogP contribution in [0.3, 0.4) is 0 Å². The van der Waals surface area contributed by atoms with Crippen LogP contribution >= 0.6 is 11.8 Å². The van der Waals surface area contributed by atoms with Crippen LogP contribution in [0.15, 0.2) is 47.4 Å². The van der Waals surface area contributed by atoms with Crippen molar-refractivity contribution < 1.29 is 4.92 Å². The van der Waals surface area contributed by atoms with Crippen LogP contribution < -0.4 is 5.73 Å². The van der Waals surface area contributed by atoms with Crippen molar-refractivity contribution >= 4 is 23.1 Å². The molecule has 0 unspecified atom stereocenters. The first-order chi connectivity index (χ1) is 8.61. The molecule has 0 fully saturated rings. The number of benzene rings is 2. The molecular weight excluding hydrogens is 248 g/mol. The van der Waals surface area contributed by atoms with Gasteiger partial charge in [0.2, 0.25) is 0 Å². The number of anilines is 1. The molecule has 18 heavy (non-hydrogen) atoms. The van der Waals surface area contributed by atoms with Crippen LogP contribution in [-0.2, 0) is 0 Å². The van der Waals surface area contributed by atoms with E-state index in [0.717, 1.165) is 11.1 Å². The third kappa shape index (κ3) is 2.46. The Kier molecular flexibility index (Phi) is 3.53. The SMILES string of the molecule is CSc1ccc(-c2ccc([N+](=O)[O-])c(N)c2)cc1. The molecule has 0 saturated carbocycles. The number of nitrogens with two attached hydrogens (primary N) is 1. The summed E-state index contributed by atoms with van der Waals surface area (Å²) < 4.78 is 0. The van der Waals surface area contributed by atoms with Crippen molar-refractivity contribution in [3.63, 3.8) is 0 Å². The number of thioether (sulfide) groups is 1. The molecular formula is C13H12N2O2S. The van der Waals surface area contributed by atoms with Crippen LogP contribution in [0.2, 0.25) is 0 Å². The third-order valence-corrected chi connectivity index (χ3v) is 3.39. The standard InChI is InChI=1S/C13H12N2O2S/c1-18-11-5-2-9(3-6-11)10-4-7-13(15(16)17)12(14)8-10/h2-8H,14H2,1H3. The van der Waals surface area contributed by atoms with E-state index in [1.807, 2.05) is 30.5 Å². The molecule has 0 radical (unpaired) electrons. The summed E-state index contributed by atoms with van der Waals surface area (Å²) in [6.45, 7) is 0. The maximum atomic E-state index is 10.7. The van der Waals surface area contributed by atoms with E-state index < -0.39 is 4.92 Å². The van der Waals surface area contributed by atoms with Gasteiger partial charge in [0, 0.05) is 11.0 Å². The Morgan fingerprint density at radius 1 is 1.11 bits per heavy atom. The van der Waals surface area contributed by atoms with Crippen molar-refractivity contribution in [3.05, 3.63) is 52.6 Å². The Morgan fingerprint density at radius 3 is 2.22 bits per heavy atom. The highest BCUT2D eigenvalue weighted by molar-refractivity contribution is 7.98. The third-order valence-electron chi connectivity index (χ3n) is 2.65. The van der Waals surface area contributed by atoms with Crippen molar-refractivity contribution in [2.45, 2.75) is 4.90 Å². The maximum absolute atomic E-state index is 10.7. The summed E-state index contributed by atoms with van der Waals surface area (Å²) in [4.78, 5) is 11.4. The van der Waals surface area contributed by atoms with Gasteiger partial charge < -0.3 is 5.73 Å². The molecule has 0 aliphatic rings. The molecule has 0 amide bonds. The molecule has 0 heterocycles. The van der Waals surface area contributed by atoms with E-state index in [2.05, 4.69) is 0 Å². The lowest BCUT2D eigenvalue weighted by Crippen LogP contribution is -1.95. The topological polar surface area (TPSA) is 69.2 Å². The molecule has 0 saturated heterocycles. The van der Waals surface area contributed by atoms with Gasteiger partial charge in [0.05, 0.1) is 4.92 Å². The summed E-state index contributed by atoms with van der Waals surface area (Å²) >= 11 is 1.67. The fourth-order valence-electron chi connectivity index (χ4n) is 1.68. The summed E-state index contributed by atoms with van der Waals surface area (Å²) in [5.74, 6) is 0. The number of nitro benzene ring substituents is 1. The Balaban J connectivity index is 2.39. The lowest BCUT2D eigenvalue weighted by Gasteiger charge is -2.04. The van der Waals surface area contributed by atoms with E-state index in [1.54, 1.807) is 23.9 Å². The molecule has 0 aromatic heterocycles. The highest BCUT2D eigenvalue weighted by Crippen LogP contribution is 2.29. The molecule has 2 rings (SSSR count). The molecule has 5 heteroatoms. The second kappa shape index (κ2) is 5.10. The largest absolute Gasteiger partial charge is 0.393 e. The highest BCUT2D eigenvalue weighted by Gasteiger charge is 2.11. The zero-order chi connectivity index (χ0) is 13.1.